The van der Waals surface area contributed by atoms with Crippen LogP contribution in [-0.2, 0) is 9.53 Å². The number of hydrogen-bond acceptors (Lipinski definition) is 7. The van der Waals surface area contributed by atoms with Crippen LogP contribution in [-0.4, -0.2) is 85.6 Å². The number of furan rings is 1. The number of piperazine rings is 1. The Labute approximate surface area is 210 Å². The summed E-state index contributed by atoms with van der Waals surface area (Å²) in [7, 11) is 3.19. The van der Waals surface area contributed by atoms with Crippen LogP contribution in [0.15, 0.2) is 58.3 Å². The number of ether oxygens (including phenoxy) is 2. The van der Waals surface area contributed by atoms with E-state index >= 15 is 0 Å². The number of nitrogens with zero attached hydrogens (tertiary/aromatic N) is 3. The van der Waals surface area contributed by atoms with Gasteiger partial charge in [0.1, 0.15) is 5.75 Å². The number of likely N-dealkylation sites (N-methyl/N-ethyl adjacent to an activating group) is 1. The predicted octanol–water partition coefficient (Wildman–Crippen LogP) is 2.65. The molecule has 0 radical (unpaired) electrons. The molecule has 3 amide bonds. The van der Waals surface area contributed by atoms with Gasteiger partial charge in [-0.15, -0.1) is 0 Å². The molecule has 3 heterocycles. The second kappa shape index (κ2) is 10.9. The maximum absolute atomic E-state index is 13.2. The minimum absolute atomic E-state index is 0.0873. The summed E-state index contributed by atoms with van der Waals surface area (Å²) in [5, 5.41) is 2.93. The molecular weight excluding hydrogens is 464 g/mol. The third kappa shape index (κ3) is 4.94. The number of carbonyl (C=O) groups is 3. The molecule has 2 atom stereocenters. The molecule has 1 fully saturated rings. The minimum Gasteiger partial charge on any atom is -0.496 e. The summed E-state index contributed by atoms with van der Waals surface area (Å²) < 4.78 is 16.2. The number of nitrogens with one attached hydrogen (secondary N) is 1. The zero-order chi connectivity index (χ0) is 25.8. The molecule has 1 aromatic heterocycles. The van der Waals surface area contributed by atoms with Crippen LogP contribution in [0.1, 0.15) is 36.0 Å². The third-order valence-corrected chi connectivity index (χ3v) is 6.60. The molecule has 0 bridgehead atoms. The highest BCUT2D eigenvalue weighted by Crippen LogP contribution is 2.36. The number of para-hydroxylation sites is 1. The maximum atomic E-state index is 13.2. The maximum Gasteiger partial charge on any atom is 0.338 e. The largest absolute Gasteiger partial charge is 0.496 e. The lowest BCUT2D eigenvalue weighted by Crippen LogP contribution is -2.56. The normalized spacial score (nSPS) is 20.8. The van der Waals surface area contributed by atoms with Crippen molar-refractivity contribution in [2.24, 2.45) is 0 Å². The van der Waals surface area contributed by atoms with E-state index in [0.29, 0.717) is 54.5 Å². The van der Waals surface area contributed by atoms with E-state index in [-0.39, 0.29) is 24.6 Å². The highest BCUT2D eigenvalue weighted by molar-refractivity contribution is 5.95. The van der Waals surface area contributed by atoms with E-state index in [0.717, 1.165) is 0 Å². The van der Waals surface area contributed by atoms with Gasteiger partial charge in [-0.3, -0.25) is 14.6 Å². The summed E-state index contributed by atoms with van der Waals surface area (Å²) in [6.45, 7) is 5.91. The first-order chi connectivity index (χ1) is 17.3. The van der Waals surface area contributed by atoms with Crippen molar-refractivity contribution in [1.82, 2.24) is 20.0 Å². The van der Waals surface area contributed by atoms with Crippen molar-refractivity contribution in [3.63, 3.8) is 0 Å². The molecule has 1 saturated heterocycles. The predicted molar refractivity (Wildman–Crippen MR) is 131 cm³/mol. The number of carbonyl (C=O) groups excluding carboxylic acids is 3. The molecule has 1 N–H and O–H groups in total. The average molecular weight is 497 g/mol. The smallest absolute Gasteiger partial charge is 0.338 e. The Kier molecular flexibility index (Phi) is 7.64. The molecule has 2 aliphatic rings. The molecule has 10 nitrogen and oxygen atoms in total. The number of amides is 3. The molecule has 1 aromatic carbocycles. The summed E-state index contributed by atoms with van der Waals surface area (Å²) in [5.74, 6) is 0.233. The topological polar surface area (TPSA) is 105 Å². The molecule has 2 aromatic rings. The minimum atomic E-state index is -0.724. The number of hydrogen-bond donors (Lipinski definition) is 1. The SMILES string of the molecule is CCOC(=O)C1=C(CN2CCN(C(=O)c3ccco3)[C@H](C)C2)N(C)C(=O)N[C@@H]1c1ccccc1OC. The second-order valence-electron chi connectivity index (χ2n) is 8.82. The molecule has 0 aliphatic carbocycles. The summed E-state index contributed by atoms with van der Waals surface area (Å²) in [6, 6.07) is 9.50. The lowest BCUT2D eigenvalue weighted by Gasteiger charge is -2.42. The Morgan fingerprint density at radius 3 is 2.61 bits per heavy atom. The van der Waals surface area contributed by atoms with Gasteiger partial charge >= 0.3 is 12.0 Å². The van der Waals surface area contributed by atoms with Gasteiger partial charge in [-0.25, -0.2) is 9.59 Å². The van der Waals surface area contributed by atoms with Crippen molar-refractivity contribution >= 4 is 17.9 Å². The number of urea groups is 1. The van der Waals surface area contributed by atoms with Crippen LogP contribution in [0, 0.1) is 0 Å². The molecule has 2 aliphatic heterocycles. The quantitative estimate of drug-likeness (QED) is 0.588. The Balaban J connectivity index is 1.64. The van der Waals surface area contributed by atoms with E-state index in [4.69, 9.17) is 13.9 Å². The van der Waals surface area contributed by atoms with Gasteiger partial charge < -0.3 is 24.1 Å². The molecule has 0 spiro atoms. The van der Waals surface area contributed by atoms with Crippen LogP contribution in [0.25, 0.3) is 0 Å². The van der Waals surface area contributed by atoms with Gasteiger partial charge in [0.15, 0.2) is 5.76 Å². The number of benzene rings is 1. The van der Waals surface area contributed by atoms with E-state index in [1.807, 2.05) is 25.1 Å². The molecule has 36 heavy (non-hydrogen) atoms. The summed E-state index contributed by atoms with van der Waals surface area (Å²) in [5.41, 5.74) is 1.60. The van der Waals surface area contributed by atoms with Gasteiger partial charge in [0, 0.05) is 50.5 Å². The lowest BCUT2D eigenvalue weighted by molar-refractivity contribution is -0.139. The Morgan fingerprint density at radius 1 is 1.17 bits per heavy atom. The van der Waals surface area contributed by atoms with Gasteiger partial charge in [-0.05, 0) is 32.0 Å². The molecule has 192 valence electrons. The van der Waals surface area contributed by atoms with Crippen LogP contribution >= 0.6 is 0 Å². The monoisotopic (exact) mass is 496 g/mol. The number of methoxy groups -OCH3 is 1. The van der Waals surface area contributed by atoms with E-state index in [1.54, 1.807) is 44.2 Å². The molecule has 0 saturated carbocycles. The van der Waals surface area contributed by atoms with Gasteiger partial charge in [-0.2, -0.15) is 0 Å². The van der Waals surface area contributed by atoms with Crippen LogP contribution in [0.4, 0.5) is 4.79 Å². The van der Waals surface area contributed by atoms with Gasteiger partial charge in [0.05, 0.1) is 31.6 Å². The highest BCUT2D eigenvalue weighted by Gasteiger charge is 2.39. The van der Waals surface area contributed by atoms with Gasteiger partial charge in [0.25, 0.3) is 5.91 Å². The zero-order valence-electron chi connectivity index (χ0n) is 21.0. The van der Waals surface area contributed by atoms with E-state index in [1.165, 1.54) is 11.2 Å². The molecule has 0 unspecified atom stereocenters. The van der Waals surface area contributed by atoms with Crippen molar-refractivity contribution in [3.05, 3.63) is 65.3 Å². The summed E-state index contributed by atoms with van der Waals surface area (Å²) in [4.78, 5) is 44.4. The fraction of sp³-hybridized carbons (Fsp3) is 0.423. The van der Waals surface area contributed by atoms with Crippen LogP contribution in [0.5, 0.6) is 5.75 Å². The third-order valence-electron chi connectivity index (χ3n) is 6.60. The van der Waals surface area contributed by atoms with E-state index in [9.17, 15) is 14.4 Å². The average Bonchev–Trinajstić information content (AvgIpc) is 3.41. The fourth-order valence-electron chi connectivity index (χ4n) is 4.77. The van der Waals surface area contributed by atoms with E-state index in [2.05, 4.69) is 10.2 Å². The standard InChI is InChI=1S/C26H32N4O6/c1-5-35-25(32)22-19(28(3)26(33)27-23(22)18-9-6-7-10-20(18)34-4)16-29-12-13-30(17(2)15-29)24(31)21-11-8-14-36-21/h6-11,14,17,23H,5,12-13,15-16H2,1-4H3,(H,27,33)/t17-,23-/m1/s1. The van der Waals surface area contributed by atoms with Crippen LogP contribution in [0.3, 0.4) is 0 Å². The van der Waals surface area contributed by atoms with Gasteiger partial charge in [0.2, 0.25) is 0 Å². The second-order valence-corrected chi connectivity index (χ2v) is 8.82. The molecule has 10 heteroatoms. The van der Waals surface area contributed by atoms with Crippen LogP contribution < -0.4 is 10.1 Å². The van der Waals surface area contributed by atoms with Gasteiger partial charge in [-0.1, -0.05) is 18.2 Å². The molecular formula is C26H32N4O6. The van der Waals surface area contributed by atoms with Crippen molar-refractivity contribution in [2.45, 2.75) is 25.9 Å². The van der Waals surface area contributed by atoms with Crippen LogP contribution in [0.2, 0.25) is 0 Å². The zero-order valence-corrected chi connectivity index (χ0v) is 21.0. The Morgan fingerprint density at radius 2 is 1.94 bits per heavy atom. The Hall–Kier alpha value is -3.79. The Bertz CT molecular complexity index is 1150. The molecule has 4 rings (SSSR count). The van der Waals surface area contributed by atoms with Crippen molar-refractivity contribution in [3.8, 4) is 5.75 Å². The van der Waals surface area contributed by atoms with Crippen molar-refractivity contribution in [2.75, 3.05) is 46.9 Å². The first-order valence-electron chi connectivity index (χ1n) is 12.0. The van der Waals surface area contributed by atoms with E-state index < -0.39 is 12.0 Å². The number of esters is 1. The fourth-order valence-corrected chi connectivity index (χ4v) is 4.77. The lowest BCUT2D eigenvalue weighted by atomic mass is 9.93. The van der Waals surface area contributed by atoms with Crippen molar-refractivity contribution in [1.29, 1.82) is 0 Å². The number of rotatable bonds is 7. The first kappa shape index (κ1) is 25.3. The summed E-state index contributed by atoms with van der Waals surface area (Å²) in [6.07, 6.45) is 1.49. The van der Waals surface area contributed by atoms with Crippen molar-refractivity contribution < 1.29 is 28.3 Å². The highest BCUT2D eigenvalue weighted by atomic mass is 16.5. The first-order valence-corrected chi connectivity index (χ1v) is 12.0. The summed E-state index contributed by atoms with van der Waals surface area (Å²) >= 11 is 0.